The molecule has 7 heteroatoms. The molecule has 136 valence electrons. The first kappa shape index (κ1) is 19.2. The van der Waals surface area contributed by atoms with E-state index < -0.39 is 0 Å². The highest BCUT2D eigenvalue weighted by Gasteiger charge is 2.05. The van der Waals surface area contributed by atoms with Gasteiger partial charge in [-0.05, 0) is 38.5 Å². The van der Waals surface area contributed by atoms with Crippen molar-refractivity contribution in [1.82, 2.24) is 15.6 Å². The summed E-state index contributed by atoms with van der Waals surface area (Å²) in [5.41, 5.74) is 1.89. The van der Waals surface area contributed by atoms with Gasteiger partial charge in [0.15, 0.2) is 17.5 Å². The lowest BCUT2D eigenvalue weighted by molar-refractivity contribution is 0.386. The molecule has 0 radical (unpaired) electrons. The summed E-state index contributed by atoms with van der Waals surface area (Å²) < 4.78 is 18.7. The van der Waals surface area contributed by atoms with E-state index >= 15 is 0 Å². The van der Waals surface area contributed by atoms with Gasteiger partial charge in [-0.2, -0.15) is 0 Å². The van der Waals surface area contributed by atoms with Crippen molar-refractivity contribution in [3.63, 3.8) is 0 Å². The first-order valence-electron chi connectivity index (χ1n) is 8.31. The van der Waals surface area contributed by atoms with Crippen LogP contribution < -0.4 is 15.4 Å². The number of hydrogen-bond donors (Lipinski definition) is 2. The minimum atomic E-state index is -0.373. The molecular formula is C18H25FN4OS. The van der Waals surface area contributed by atoms with Crippen molar-refractivity contribution in [3.8, 4) is 5.75 Å². The maximum Gasteiger partial charge on any atom is 0.191 e. The van der Waals surface area contributed by atoms with E-state index in [4.69, 9.17) is 4.74 Å². The summed E-state index contributed by atoms with van der Waals surface area (Å²) >= 11 is 1.73. The van der Waals surface area contributed by atoms with Crippen LogP contribution in [0.15, 0.2) is 23.2 Å². The summed E-state index contributed by atoms with van der Waals surface area (Å²) in [5.74, 6) is 0.582. The van der Waals surface area contributed by atoms with E-state index in [0.717, 1.165) is 35.8 Å². The fourth-order valence-electron chi connectivity index (χ4n) is 2.25. The molecule has 0 unspecified atom stereocenters. The highest BCUT2D eigenvalue weighted by molar-refractivity contribution is 7.11. The van der Waals surface area contributed by atoms with E-state index in [1.165, 1.54) is 18.1 Å². The van der Waals surface area contributed by atoms with Gasteiger partial charge in [0.2, 0.25) is 0 Å². The number of rotatable bonds is 7. The number of guanidine groups is 1. The summed E-state index contributed by atoms with van der Waals surface area (Å²) in [6, 6.07) is 4.89. The topological polar surface area (TPSA) is 58.5 Å². The quantitative estimate of drug-likeness (QED) is 0.585. The van der Waals surface area contributed by atoms with Gasteiger partial charge in [-0.15, -0.1) is 11.3 Å². The van der Waals surface area contributed by atoms with Crippen molar-refractivity contribution in [2.24, 2.45) is 4.99 Å². The summed E-state index contributed by atoms with van der Waals surface area (Å²) in [4.78, 5) is 10.3. The van der Waals surface area contributed by atoms with Crippen LogP contribution in [0.5, 0.6) is 5.75 Å². The smallest absolute Gasteiger partial charge is 0.191 e. The maximum atomic E-state index is 13.7. The van der Waals surface area contributed by atoms with Crippen LogP contribution in [-0.4, -0.2) is 31.1 Å². The molecule has 1 heterocycles. The standard InChI is InChI=1S/C18H25FN4OS/c1-5-20-18(21-9-8-17-23-12(2)13(3)25-17)22-11-14-6-7-16(24-4)15(19)10-14/h6-7,10H,5,8-9,11H2,1-4H3,(H2,20,21,22). The van der Waals surface area contributed by atoms with Crippen molar-refractivity contribution in [3.05, 3.63) is 45.2 Å². The van der Waals surface area contributed by atoms with Crippen molar-refractivity contribution < 1.29 is 9.13 Å². The maximum absolute atomic E-state index is 13.7. The number of aromatic nitrogens is 1. The van der Waals surface area contributed by atoms with Crippen molar-refractivity contribution in [1.29, 1.82) is 0 Å². The Morgan fingerprint density at radius 3 is 2.72 bits per heavy atom. The molecule has 0 saturated heterocycles. The van der Waals surface area contributed by atoms with Crippen molar-refractivity contribution in [2.75, 3.05) is 20.2 Å². The number of nitrogens with zero attached hydrogens (tertiary/aromatic N) is 2. The van der Waals surface area contributed by atoms with Gasteiger partial charge in [0.1, 0.15) is 0 Å². The normalized spacial score (nSPS) is 11.5. The van der Waals surface area contributed by atoms with E-state index in [-0.39, 0.29) is 11.6 Å². The lowest BCUT2D eigenvalue weighted by Gasteiger charge is -2.11. The number of hydrogen-bond acceptors (Lipinski definition) is 4. The molecule has 0 aliphatic heterocycles. The average molecular weight is 364 g/mol. The molecular weight excluding hydrogens is 339 g/mol. The average Bonchev–Trinajstić information content (AvgIpc) is 2.90. The third-order valence-electron chi connectivity index (χ3n) is 3.68. The van der Waals surface area contributed by atoms with Gasteiger partial charge < -0.3 is 15.4 Å². The third kappa shape index (κ3) is 5.70. The van der Waals surface area contributed by atoms with Gasteiger partial charge in [-0.3, -0.25) is 0 Å². The Morgan fingerprint density at radius 1 is 1.32 bits per heavy atom. The monoisotopic (exact) mass is 364 g/mol. The fraction of sp³-hybridized carbons (Fsp3) is 0.444. The SMILES string of the molecule is CCNC(=NCc1ccc(OC)c(F)c1)NCCc1nc(C)c(C)s1. The number of methoxy groups -OCH3 is 1. The number of aryl methyl sites for hydroxylation is 2. The van der Waals surface area contributed by atoms with E-state index in [0.29, 0.717) is 12.5 Å². The number of aliphatic imine (C=N–C) groups is 1. The van der Waals surface area contributed by atoms with Crippen LogP contribution in [0.4, 0.5) is 4.39 Å². The van der Waals surface area contributed by atoms with Crippen LogP contribution in [0.2, 0.25) is 0 Å². The second-order valence-electron chi connectivity index (χ2n) is 5.59. The molecule has 2 N–H and O–H groups in total. The van der Waals surface area contributed by atoms with E-state index in [9.17, 15) is 4.39 Å². The molecule has 0 saturated carbocycles. The van der Waals surface area contributed by atoms with E-state index in [1.807, 2.05) is 19.9 Å². The number of thiazole rings is 1. The number of benzene rings is 1. The van der Waals surface area contributed by atoms with Crippen LogP contribution in [0.25, 0.3) is 0 Å². The van der Waals surface area contributed by atoms with Crippen molar-refractivity contribution >= 4 is 17.3 Å². The van der Waals surface area contributed by atoms with Crippen LogP contribution in [0.1, 0.15) is 28.1 Å². The van der Waals surface area contributed by atoms with Gasteiger partial charge in [0.05, 0.1) is 24.4 Å². The Bertz CT molecular complexity index is 710. The minimum absolute atomic E-state index is 0.242. The largest absolute Gasteiger partial charge is 0.494 e. The van der Waals surface area contributed by atoms with E-state index in [2.05, 4.69) is 27.5 Å². The highest BCUT2D eigenvalue weighted by atomic mass is 32.1. The zero-order chi connectivity index (χ0) is 18.2. The summed E-state index contributed by atoms with van der Waals surface area (Å²) in [7, 11) is 1.45. The molecule has 0 atom stereocenters. The molecule has 1 aromatic carbocycles. The van der Waals surface area contributed by atoms with Gasteiger partial charge in [0.25, 0.3) is 0 Å². The van der Waals surface area contributed by atoms with Crippen LogP contribution in [0, 0.1) is 19.7 Å². The van der Waals surface area contributed by atoms with E-state index in [1.54, 1.807) is 17.4 Å². The fourth-order valence-corrected chi connectivity index (χ4v) is 3.19. The second kappa shape index (κ2) is 9.36. The molecule has 0 amide bonds. The minimum Gasteiger partial charge on any atom is -0.494 e. The molecule has 0 spiro atoms. The summed E-state index contributed by atoms with van der Waals surface area (Å²) in [5, 5.41) is 7.61. The van der Waals surface area contributed by atoms with Gasteiger partial charge >= 0.3 is 0 Å². The molecule has 2 aromatic rings. The molecule has 2 rings (SSSR count). The molecule has 5 nitrogen and oxygen atoms in total. The number of nitrogens with one attached hydrogen (secondary N) is 2. The number of halogens is 1. The number of ether oxygens (including phenoxy) is 1. The first-order chi connectivity index (χ1) is 12.0. The van der Waals surface area contributed by atoms with Crippen molar-refractivity contribution in [2.45, 2.75) is 33.7 Å². The second-order valence-corrected chi connectivity index (χ2v) is 6.88. The lowest BCUT2D eigenvalue weighted by atomic mass is 10.2. The molecule has 0 aliphatic rings. The Balaban J connectivity index is 1.92. The van der Waals surface area contributed by atoms with Gasteiger partial charge in [0, 0.05) is 24.4 Å². The third-order valence-corrected chi connectivity index (χ3v) is 4.82. The first-order valence-corrected chi connectivity index (χ1v) is 9.12. The van der Waals surface area contributed by atoms with Crippen LogP contribution in [-0.2, 0) is 13.0 Å². The lowest BCUT2D eigenvalue weighted by Crippen LogP contribution is -2.38. The summed E-state index contributed by atoms with van der Waals surface area (Å²) in [6.07, 6.45) is 0.848. The van der Waals surface area contributed by atoms with Gasteiger partial charge in [-0.1, -0.05) is 6.07 Å². The predicted octanol–water partition coefficient (Wildman–Crippen LogP) is 3.21. The molecule has 0 bridgehead atoms. The predicted molar refractivity (Wildman–Crippen MR) is 101 cm³/mol. The Labute approximate surface area is 152 Å². The molecule has 1 aromatic heterocycles. The zero-order valence-corrected chi connectivity index (χ0v) is 16.0. The molecule has 0 aliphatic carbocycles. The molecule has 0 fully saturated rings. The summed E-state index contributed by atoms with van der Waals surface area (Å²) in [6.45, 7) is 8.03. The Hall–Kier alpha value is -2.15. The molecule has 25 heavy (non-hydrogen) atoms. The Morgan fingerprint density at radius 2 is 2.12 bits per heavy atom. The Kier molecular flexibility index (Phi) is 7.18. The highest BCUT2D eigenvalue weighted by Crippen LogP contribution is 2.18. The van der Waals surface area contributed by atoms with Crippen LogP contribution >= 0.6 is 11.3 Å². The zero-order valence-electron chi connectivity index (χ0n) is 15.1. The van der Waals surface area contributed by atoms with Gasteiger partial charge in [-0.25, -0.2) is 14.4 Å². The van der Waals surface area contributed by atoms with Crippen LogP contribution in [0.3, 0.4) is 0 Å².